The Balaban J connectivity index is 2.31. The van der Waals surface area contributed by atoms with E-state index in [4.69, 9.17) is 11.0 Å². The van der Waals surface area contributed by atoms with Gasteiger partial charge in [-0.25, -0.2) is 0 Å². The number of hydrogen-bond acceptors (Lipinski definition) is 4. The number of nitriles is 1. The number of aromatic nitrogens is 2. The van der Waals surface area contributed by atoms with E-state index < -0.39 is 0 Å². The first-order chi connectivity index (χ1) is 9.43. The first kappa shape index (κ1) is 14.1. The van der Waals surface area contributed by atoms with Crippen molar-refractivity contribution in [1.82, 2.24) is 9.78 Å². The van der Waals surface area contributed by atoms with Crippen molar-refractivity contribution in [3.63, 3.8) is 0 Å². The van der Waals surface area contributed by atoms with Crippen LogP contribution in [0.25, 0.3) is 0 Å². The Kier molecular flexibility index (Phi) is 3.77. The summed E-state index contributed by atoms with van der Waals surface area (Å²) in [5.74, 6) is -0.351. The lowest BCUT2D eigenvalue weighted by Gasteiger charge is -2.08. The van der Waals surface area contributed by atoms with Crippen molar-refractivity contribution in [2.24, 2.45) is 7.05 Å². The average molecular weight is 334 g/mol. The third kappa shape index (κ3) is 2.51. The van der Waals surface area contributed by atoms with Gasteiger partial charge >= 0.3 is 0 Å². The van der Waals surface area contributed by atoms with E-state index in [1.807, 2.05) is 6.07 Å². The largest absolute Gasteiger partial charge is 0.395 e. The molecule has 2 aromatic rings. The van der Waals surface area contributed by atoms with Gasteiger partial charge in [0.05, 0.1) is 28.7 Å². The Hall–Kier alpha value is -2.33. The molecule has 0 aliphatic heterocycles. The van der Waals surface area contributed by atoms with Crippen LogP contribution in [0.2, 0.25) is 0 Å². The van der Waals surface area contributed by atoms with E-state index >= 15 is 0 Å². The highest BCUT2D eigenvalue weighted by atomic mass is 79.9. The minimum absolute atomic E-state index is 0.304. The van der Waals surface area contributed by atoms with Gasteiger partial charge in [-0.05, 0) is 41.1 Å². The van der Waals surface area contributed by atoms with E-state index in [1.165, 1.54) is 4.68 Å². The fourth-order valence-electron chi connectivity index (χ4n) is 1.81. The Morgan fingerprint density at radius 1 is 1.55 bits per heavy atom. The van der Waals surface area contributed by atoms with Crippen molar-refractivity contribution in [3.05, 3.63) is 39.6 Å². The van der Waals surface area contributed by atoms with Crippen molar-refractivity contribution in [1.29, 1.82) is 5.26 Å². The van der Waals surface area contributed by atoms with Gasteiger partial charge in [-0.3, -0.25) is 9.48 Å². The molecule has 0 radical (unpaired) electrons. The molecule has 1 aromatic carbocycles. The van der Waals surface area contributed by atoms with Gasteiger partial charge in [0.2, 0.25) is 0 Å². The van der Waals surface area contributed by atoms with Crippen LogP contribution >= 0.6 is 15.9 Å². The zero-order chi connectivity index (χ0) is 14.9. The number of aryl methyl sites for hydroxylation is 2. The number of hydrogen-bond donors (Lipinski definition) is 2. The van der Waals surface area contributed by atoms with Crippen LogP contribution in [0.5, 0.6) is 0 Å². The maximum atomic E-state index is 12.2. The van der Waals surface area contributed by atoms with E-state index in [0.29, 0.717) is 32.8 Å². The number of carbonyl (C=O) groups excluding carboxylic acids is 1. The molecule has 6 nitrogen and oxygen atoms in total. The summed E-state index contributed by atoms with van der Waals surface area (Å²) in [6.45, 7) is 1.74. The van der Waals surface area contributed by atoms with E-state index in [1.54, 1.807) is 32.2 Å². The summed E-state index contributed by atoms with van der Waals surface area (Å²) in [5, 5.41) is 15.6. The van der Waals surface area contributed by atoms with Crippen molar-refractivity contribution in [2.75, 3.05) is 11.1 Å². The second-order valence-corrected chi connectivity index (χ2v) is 5.09. The maximum Gasteiger partial charge on any atom is 0.276 e. The molecule has 0 bridgehead atoms. The molecular formula is C13H12BrN5O. The predicted octanol–water partition coefficient (Wildman–Crippen LogP) is 2.20. The number of carbonyl (C=O) groups is 1. The minimum atomic E-state index is -0.351. The summed E-state index contributed by atoms with van der Waals surface area (Å²) in [6, 6.07) is 6.93. The zero-order valence-electron chi connectivity index (χ0n) is 10.9. The molecule has 0 saturated heterocycles. The number of halogens is 1. The normalized spacial score (nSPS) is 10.1. The molecule has 0 unspecified atom stereocenters. The number of benzene rings is 1. The summed E-state index contributed by atoms with van der Waals surface area (Å²) < 4.78 is 2.07. The minimum Gasteiger partial charge on any atom is -0.395 e. The van der Waals surface area contributed by atoms with Crippen molar-refractivity contribution >= 4 is 33.2 Å². The van der Waals surface area contributed by atoms with Crippen LogP contribution in [0.1, 0.15) is 21.7 Å². The summed E-state index contributed by atoms with van der Waals surface area (Å²) in [7, 11) is 1.66. The molecule has 0 atom stereocenters. The van der Waals surface area contributed by atoms with Crippen LogP contribution in [0.3, 0.4) is 0 Å². The van der Waals surface area contributed by atoms with Crippen LogP contribution < -0.4 is 11.1 Å². The average Bonchev–Trinajstić information content (AvgIpc) is 2.65. The quantitative estimate of drug-likeness (QED) is 0.880. The fourth-order valence-corrected chi connectivity index (χ4v) is 2.29. The first-order valence-corrected chi connectivity index (χ1v) is 6.53. The van der Waals surface area contributed by atoms with E-state index in [9.17, 15) is 4.79 Å². The van der Waals surface area contributed by atoms with Crippen LogP contribution in [-0.2, 0) is 7.05 Å². The standard InChI is InChI=1S/C13H12BrN5O/c1-7-11(16)12(19(2)18-7)13(20)17-10-4-3-8(6-15)5-9(10)14/h3-5H,16H2,1-2H3,(H,17,20). The lowest BCUT2D eigenvalue weighted by atomic mass is 10.2. The molecule has 0 saturated carbocycles. The summed E-state index contributed by atoms with van der Waals surface area (Å²) in [6.07, 6.45) is 0. The molecule has 0 aliphatic carbocycles. The molecule has 1 heterocycles. The van der Waals surface area contributed by atoms with Crippen molar-refractivity contribution in [2.45, 2.75) is 6.92 Å². The second-order valence-electron chi connectivity index (χ2n) is 4.23. The van der Waals surface area contributed by atoms with Gasteiger partial charge in [0.25, 0.3) is 5.91 Å². The Morgan fingerprint density at radius 3 is 2.75 bits per heavy atom. The van der Waals surface area contributed by atoms with Gasteiger partial charge < -0.3 is 11.1 Å². The molecule has 0 aliphatic rings. The van der Waals surface area contributed by atoms with Gasteiger partial charge in [-0.1, -0.05) is 0 Å². The molecule has 0 fully saturated rings. The summed E-state index contributed by atoms with van der Waals surface area (Å²) in [4.78, 5) is 12.2. The molecule has 102 valence electrons. The molecule has 1 amide bonds. The van der Waals surface area contributed by atoms with E-state index in [0.717, 1.165) is 0 Å². The first-order valence-electron chi connectivity index (χ1n) is 5.74. The Morgan fingerprint density at radius 2 is 2.25 bits per heavy atom. The topological polar surface area (TPSA) is 96.7 Å². The fraction of sp³-hybridized carbons (Fsp3) is 0.154. The van der Waals surface area contributed by atoms with Crippen LogP contribution in [0.15, 0.2) is 22.7 Å². The maximum absolute atomic E-state index is 12.2. The Labute approximate surface area is 124 Å². The van der Waals surface area contributed by atoms with Gasteiger partial charge in [-0.15, -0.1) is 0 Å². The molecule has 2 rings (SSSR count). The zero-order valence-corrected chi connectivity index (χ0v) is 12.5. The smallest absolute Gasteiger partial charge is 0.276 e. The second kappa shape index (κ2) is 5.35. The molecule has 3 N–H and O–H groups in total. The van der Waals surface area contributed by atoms with Crippen molar-refractivity contribution < 1.29 is 4.79 Å². The number of rotatable bonds is 2. The van der Waals surface area contributed by atoms with Crippen LogP contribution in [0.4, 0.5) is 11.4 Å². The Bertz CT molecular complexity index is 729. The van der Waals surface area contributed by atoms with Gasteiger partial charge in [0, 0.05) is 11.5 Å². The van der Waals surface area contributed by atoms with Crippen LogP contribution in [-0.4, -0.2) is 15.7 Å². The number of amides is 1. The van der Waals surface area contributed by atoms with Gasteiger partial charge in [0.15, 0.2) is 0 Å². The number of nitrogens with two attached hydrogens (primary N) is 1. The summed E-state index contributed by atoms with van der Waals surface area (Å²) >= 11 is 3.31. The monoisotopic (exact) mass is 333 g/mol. The number of nitrogens with zero attached hydrogens (tertiary/aromatic N) is 3. The third-order valence-corrected chi connectivity index (χ3v) is 3.49. The SMILES string of the molecule is Cc1nn(C)c(C(=O)Nc2ccc(C#N)cc2Br)c1N. The predicted molar refractivity (Wildman–Crippen MR) is 79.2 cm³/mol. The molecule has 1 aromatic heterocycles. The molecule has 0 spiro atoms. The van der Waals surface area contributed by atoms with Gasteiger partial charge in [0.1, 0.15) is 5.69 Å². The molecule has 7 heteroatoms. The molecular weight excluding hydrogens is 322 g/mol. The van der Waals surface area contributed by atoms with Gasteiger partial charge in [-0.2, -0.15) is 10.4 Å². The van der Waals surface area contributed by atoms with E-state index in [-0.39, 0.29) is 5.91 Å². The number of anilines is 2. The third-order valence-electron chi connectivity index (χ3n) is 2.83. The lowest BCUT2D eigenvalue weighted by molar-refractivity contribution is 0.101. The number of nitrogens with one attached hydrogen (secondary N) is 1. The van der Waals surface area contributed by atoms with E-state index in [2.05, 4.69) is 26.3 Å². The van der Waals surface area contributed by atoms with Crippen LogP contribution in [0, 0.1) is 18.3 Å². The highest BCUT2D eigenvalue weighted by Crippen LogP contribution is 2.25. The highest BCUT2D eigenvalue weighted by molar-refractivity contribution is 9.10. The molecule has 20 heavy (non-hydrogen) atoms. The highest BCUT2D eigenvalue weighted by Gasteiger charge is 2.18. The lowest BCUT2D eigenvalue weighted by Crippen LogP contribution is -2.18. The summed E-state index contributed by atoms with van der Waals surface area (Å²) in [5.41, 5.74) is 8.18. The number of nitrogen functional groups attached to an aromatic ring is 1. The van der Waals surface area contributed by atoms with Crippen molar-refractivity contribution in [3.8, 4) is 6.07 Å².